The summed E-state index contributed by atoms with van der Waals surface area (Å²) < 4.78 is 7.17. The SMILES string of the molecule is CC1(C)c2ccccc2-c2cc3c(oc4ccc5ccccc5c43)c(-c3c4ccccc4c(-c4cccc(-c5ccc6ccccc6c5)c4)c4ccccc34)c21. The van der Waals surface area contributed by atoms with Crippen LogP contribution in [0.3, 0.4) is 0 Å². The normalized spacial score (nSPS) is 13.3. The smallest absolute Gasteiger partial charge is 0.143 e. The summed E-state index contributed by atoms with van der Waals surface area (Å²) in [5.41, 5.74) is 14.2. The molecule has 0 saturated carbocycles. The zero-order chi connectivity index (χ0) is 37.1. The molecule has 1 aliphatic rings. The summed E-state index contributed by atoms with van der Waals surface area (Å²) in [5.74, 6) is 0. The van der Waals surface area contributed by atoms with Gasteiger partial charge in [0.05, 0.1) is 0 Å². The minimum Gasteiger partial charge on any atom is -0.455 e. The van der Waals surface area contributed by atoms with E-state index in [0.717, 1.165) is 11.2 Å². The monoisotopic (exact) mass is 712 g/mol. The van der Waals surface area contributed by atoms with Crippen LogP contribution in [0.5, 0.6) is 0 Å². The third-order valence-electron chi connectivity index (χ3n) is 12.6. The molecule has 0 saturated heterocycles. The average Bonchev–Trinajstić information content (AvgIpc) is 3.74. The summed E-state index contributed by atoms with van der Waals surface area (Å²) >= 11 is 0. The molecule has 1 heteroatoms. The average molecular weight is 713 g/mol. The van der Waals surface area contributed by atoms with Crippen LogP contribution >= 0.6 is 0 Å². The Morgan fingerprint density at radius 3 is 1.73 bits per heavy atom. The van der Waals surface area contributed by atoms with E-state index >= 15 is 0 Å². The molecule has 1 heterocycles. The van der Waals surface area contributed by atoms with E-state index in [0.29, 0.717) is 0 Å². The van der Waals surface area contributed by atoms with Crippen molar-refractivity contribution in [3.05, 3.63) is 193 Å². The largest absolute Gasteiger partial charge is 0.455 e. The summed E-state index contributed by atoms with van der Waals surface area (Å²) in [5, 5.41) is 12.2. The minimum atomic E-state index is -0.258. The van der Waals surface area contributed by atoms with Crippen LogP contribution in [0.4, 0.5) is 0 Å². The molecule has 0 aliphatic heterocycles. The van der Waals surface area contributed by atoms with E-state index in [-0.39, 0.29) is 5.41 Å². The van der Waals surface area contributed by atoms with Crippen molar-refractivity contribution in [2.24, 2.45) is 0 Å². The predicted molar refractivity (Wildman–Crippen MR) is 238 cm³/mol. The van der Waals surface area contributed by atoms with Gasteiger partial charge in [0.2, 0.25) is 0 Å². The lowest BCUT2D eigenvalue weighted by Gasteiger charge is -2.26. The summed E-state index contributed by atoms with van der Waals surface area (Å²) in [7, 11) is 0. The Morgan fingerprint density at radius 2 is 0.964 bits per heavy atom. The molecule has 0 spiro atoms. The van der Waals surface area contributed by atoms with Crippen molar-refractivity contribution < 1.29 is 4.42 Å². The highest BCUT2D eigenvalue weighted by atomic mass is 16.3. The molecule has 12 rings (SSSR count). The van der Waals surface area contributed by atoms with E-state index in [4.69, 9.17) is 4.42 Å². The van der Waals surface area contributed by atoms with Crippen molar-refractivity contribution in [3.63, 3.8) is 0 Å². The number of benzene rings is 10. The highest BCUT2D eigenvalue weighted by Crippen LogP contribution is 2.58. The summed E-state index contributed by atoms with van der Waals surface area (Å²) in [6.07, 6.45) is 0. The first-order valence-electron chi connectivity index (χ1n) is 19.6. The quantitative estimate of drug-likeness (QED) is 0.166. The van der Waals surface area contributed by atoms with Crippen LogP contribution in [0.15, 0.2) is 186 Å². The molecule has 56 heavy (non-hydrogen) atoms. The van der Waals surface area contributed by atoms with Gasteiger partial charge in [-0.05, 0) is 112 Å². The van der Waals surface area contributed by atoms with Crippen LogP contribution in [0.1, 0.15) is 25.0 Å². The van der Waals surface area contributed by atoms with Gasteiger partial charge < -0.3 is 4.42 Å². The molecule has 11 aromatic rings. The van der Waals surface area contributed by atoms with E-state index in [1.807, 2.05) is 0 Å². The van der Waals surface area contributed by atoms with Crippen LogP contribution in [-0.4, -0.2) is 0 Å². The molecule has 0 atom stereocenters. The van der Waals surface area contributed by atoms with Crippen LogP contribution in [-0.2, 0) is 5.41 Å². The maximum absolute atomic E-state index is 7.17. The highest BCUT2D eigenvalue weighted by Gasteiger charge is 2.40. The number of furan rings is 1. The number of fused-ring (bicyclic) bond motifs is 11. The third-order valence-corrected chi connectivity index (χ3v) is 12.6. The van der Waals surface area contributed by atoms with Gasteiger partial charge in [0.15, 0.2) is 0 Å². The second kappa shape index (κ2) is 11.5. The van der Waals surface area contributed by atoms with E-state index in [1.165, 1.54) is 109 Å². The molecular formula is C55H36O. The zero-order valence-corrected chi connectivity index (χ0v) is 31.2. The van der Waals surface area contributed by atoms with Gasteiger partial charge >= 0.3 is 0 Å². The van der Waals surface area contributed by atoms with Crippen LogP contribution < -0.4 is 0 Å². The maximum atomic E-state index is 7.17. The van der Waals surface area contributed by atoms with Crippen molar-refractivity contribution in [1.82, 2.24) is 0 Å². The van der Waals surface area contributed by atoms with Crippen molar-refractivity contribution in [2.45, 2.75) is 19.3 Å². The van der Waals surface area contributed by atoms with Crippen LogP contribution in [0, 0.1) is 0 Å². The van der Waals surface area contributed by atoms with E-state index < -0.39 is 0 Å². The summed E-state index contributed by atoms with van der Waals surface area (Å²) in [6, 6.07) is 67.0. The van der Waals surface area contributed by atoms with E-state index in [1.54, 1.807) is 0 Å². The maximum Gasteiger partial charge on any atom is 0.143 e. The van der Waals surface area contributed by atoms with Crippen molar-refractivity contribution in [2.75, 3.05) is 0 Å². The Kier molecular flexibility index (Phi) is 6.46. The molecule has 0 fully saturated rings. The molecule has 262 valence electrons. The molecule has 10 aromatic carbocycles. The van der Waals surface area contributed by atoms with Crippen molar-refractivity contribution in [3.8, 4) is 44.5 Å². The van der Waals surface area contributed by atoms with E-state index in [2.05, 4.69) is 196 Å². The second-order valence-electron chi connectivity index (χ2n) is 16.0. The number of rotatable bonds is 3. The van der Waals surface area contributed by atoms with Gasteiger partial charge in [0.25, 0.3) is 0 Å². The molecule has 1 aromatic heterocycles. The number of hydrogen-bond donors (Lipinski definition) is 0. The summed E-state index contributed by atoms with van der Waals surface area (Å²) in [4.78, 5) is 0. The van der Waals surface area contributed by atoms with Gasteiger partial charge in [0, 0.05) is 27.3 Å². The molecule has 0 radical (unpaired) electrons. The lowest BCUT2D eigenvalue weighted by Crippen LogP contribution is -2.16. The Hall–Kier alpha value is -6.96. The van der Waals surface area contributed by atoms with Crippen LogP contribution in [0.25, 0.3) is 110 Å². The van der Waals surface area contributed by atoms with Crippen LogP contribution in [0.2, 0.25) is 0 Å². The molecule has 0 amide bonds. The second-order valence-corrected chi connectivity index (χ2v) is 16.0. The molecular weight excluding hydrogens is 677 g/mol. The first-order chi connectivity index (χ1) is 27.5. The lowest BCUT2D eigenvalue weighted by atomic mass is 9.76. The lowest BCUT2D eigenvalue weighted by molar-refractivity contribution is 0.650. The van der Waals surface area contributed by atoms with Crippen molar-refractivity contribution in [1.29, 1.82) is 0 Å². The zero-order valence-electron chi connectivity index (χ0n) is 31.2. The van der Waals surface area contributed by atoms with Gasteiger partial charge in [-0.3, -0.25) is 0 Å². The van der Waals surface area contributed by atoms with Gasteiger partial charge in [-0.25, -0.2) is 0 Å². The number of hydrogen-bond acceptors (Lipinski definition) is 1. The Bertz CT molecular complexity index is 3390. The Morgan fingerprint density at radius 1 is 0.375 bits per heavy atom. The standard InChI is InChI=1S/C55H36O/c1-55(2)47-25-12-11-20-40(47)45-32-46-50-39-19-6-5-15-34(39)28-29-48(50)56-54(46)52(53(45)55)51-43-23-9-7-21-41(43)49(42-22-8-10-24-44(42)51)38-18-13-17-36(31-38)37-27-26-33-14-3-4-16-35(33)30-37/h3-32H,1-2H3. The molecule has 1 nitrogen and oxygen atoms in total. The molecule has 1 aliphatic carbocycles. The highest BCUT2D eigenvalue weighted by molar-refractivity contribution is 6.28. The first kappa shape index (κ1) is 31.4. The fraction of sp³-hybridized carbons (Fsp3) is 0.0545. The third kappa shape index (κ3) is 4.31. The molecule has 0 bridgehead atoms. The van der Waals surface area contributed by atoms with E-state index in [9.17, 15) is 0 Å². The minimum absolute atomic E-state index is 0.258. The van der Waals surface area contributed by atoms with Crippen molar-refractivity contribution >= 4 is 65.0 Å². The van der Waals surface area contributed by atoms with Gasteiger partial charge in [0.1, 0.15) is 11.2 Å². The topological polar surface area (TPSA) is 13.1 Å². The Balaban J connectivity index is 1.21. The fourth-order valence-electron chi connectivity index (χ4n) is 10.1. The first-order valence-corrected chi connectivity index (χ1v) is 19.6. The molecule has 0 N–H and O–H groups in total. The Labute approximate surface area is 325 Å². The van der Waals surface area contributed by atoms with Gasteiger partial charge in [-0.1, -0.05) is 172 Å². The summed E-state index contributed by atoms with van der Waals surface area (Å²) in [6.45, 7) is 4.78. The molecule has 0 unspecified atom stereocenters. The fourth-order valence-corrected chi connectivity index (χ4v) is 10.1. The van der Waals surface area contributed by atoms with Gasteiger partial charge in [-0.2, -0.15) is 0 Å². The predicted octanol–water partition coefficient (Wildman–Crippen LogP) is 15.5. The van der Waals surface area contributed by atoms with Gasteiger partial charge in [-0.15, -0.1) is 0 Å².